The highest BCUT2D eigenvalue weighted by Gasteiger charge is 2.31. The fourth-order valence-corrected chi connectivity index (χ4v) is 9.02. The van der Waals surface area contributed by atoms with Crippen molar-refractivity contribution in [2.75, 3.05) is 4.90 Å². The van der Waals surface area contributed by atoms with Crippen molar-refractivity contribution in [3.63, 3.8) is 0 Å². The Morgan fingerprint density at radius 1 is 0.365 bits per heavy atom. The topological polar surface area (TPSA) is 16.4 Å². The number of fused-ring (bicyclic) bond motifs is 5. The van der Waals surface area contributed by atoms with E-state index in [-0.39, 0.29) is 0 Å². The number of anilines is 3. The van der Waals surface area contributed by atoms with E-state index in [1.165, 1.54) is 98.0 Å². The van der Waals surface area contributed by atoms with E-state index in [2.05, 4.69) is 157 Å². The van der Waals surface area contributed by atoms with Crippen LogP contribution in [0.15, 0.2) is 156 Å². The Balaban J connectivity index is 1.18. The van der Waals surface area contributed by atoms with Gasteiger partial charge in [-0.2, -0.15) is 0 Å². The van der Waals surface area contributed by atoms with E-state index in [9.17, 15) is 0 Å². The molecule has 10 rings (SSSR count). The molecule has 0 aliphatic heterocycles. The average Bonchev–Trinajstić information content (AvgIpc) is 3.60. The molecule has 0 atom stereocenters. The first-order valence-electron chi connectivity index (χ1n) is 19.0. The SMILES string of the molecule is c1ccc(-c2ccc(N(c3ccc(-c4ccccc4)cc3)c3c4c(c(-c5ccc6c(c5)oc5ccccc56)c5c3CCCC5)CCCC4)cc2)cc1. The van der Waals surface area contributed by atoms with Crippen LogP contribution in [0.3, 0.4) is 0 Å². The van der Waals surface area contributed by atoms with Crippen LogP contribution >= 0.6 is 0 Å². The summed E-state index contributed by atoms with van der Waals surface area (Å²) in [6.45, 7) is 0. The highest BCUT2D eigenvalue weighted by molar-refractivity contribution is 6.06. The third kappa shape index (κ3) is 5.33. The summed E-state index contributed by atoms with van der Waals surface area (Å²) in [6.07, 6.45) is 9.29. The smallest absolute Gasteiger partial charge is 0.136 e. The average molecular weight is 672 g/mol. The molecule has 7 aromatic carbocycles. The van der Waals surface area contributed by atoms with E-state index in [4.69, 9.17) is 4.42 Å². The second-order valence-electron chi connectivity index (χ2n) is 14.5. The molecule has 0 saturated heterocycles. The fraction of sp³-hybridized carbons (Fsp3) is 0.160. The molecule has 2 aliphatic rings. The predicted octanol–water partition coefficient (Wildman–Crippen LogP) is 13.8. The molecule has 0 amide bonds. The number of hydrogen-bond acceptors (Lipinski definition) is 2. The molecule has 0 N–H and O–H groups in total. The molecule has 8 aromatic rings. The van der Waals surface area contributed by atoms with Crippen molar-refractivity contribution in [1.82, 2.24) is 0 Å². The monoisotopic (exact) mass is 671 g/mol. The van der Waals surface area contributed by atoms with Crippen molar-refractivity contribution in [3.05, 3.63) is 174 Å². The molecule has 0 saturated carbocycles. The largest absolute Gasteiger partial charge is 0.456 e. The molecule has 0 radical (unpaired) electrons. The van der Waals surface area contributed by atoms with Gasteiger partial charge < -0.3 is 9.32 Å². The maximum Gasteiger partial charge on any atom is 0.136 e. The number of benzene rings is 7. The maximum atomic E-state index is 6.46. The van der Waals surface area contributed by atoms with Crippen molar-refractivity contribution >= 4 is 39.0 Å². The second kappa shape index (κ2) is 13.0. The van der Waals surface area contributed by atoms with Crippen LogP contribution in [-0.2, 0) is 25.7 Å². The van der Waals surface area contributed by atoms with Gasteiger partial charge in [0, 0.05) is 22.1 Å². The zero-order valence-electron chi connectivity index (χ0n) is 29.4. The standard InChI is InChI=1S/C50H41NO/c1-3-13-34(14-4-1)36-23-28-39(29-24-36)51(40-30-25-37(26-31-40)35-15-5-2-6-16-35)50-45-20-9-7-18-43(45)49(44-19-8-10-21-46(44)50)38-27-32-42-41-17-11-12-22-47(41)52-48(42)33-38/h1-6,11-17,22-33H,7-10,18-21H2. The van der Waals surface area contributed by atoms with Crippen molar-refractivity contribution in [2.24, 2.45) is 0 Å². The van der Waals surface area contributed by atoms with E-state index >= 15 is 0 Å². The lowest BCUT2D eigenvalue weighted by molar-refractivity contribution is 0.660. The lowest BCUT2D eigenvalue weighted by Gasteiger charge is -2.37. The van der Waals surface area contributed by atoms with Crippen molar-refractivity contribution < 1.29 is 4.42 Å². The first-order chi connectivity index (χ1) is 25.8. The van der Waals surface area contributed by atoms with Crippen LogP contribution in [-0.4, -0.2) is 0 Å². The number of hydrogen-bond donors (Lipinski definition) is 0. The Morgan fingerprint density at radius 3 is 1.37 bits per heavy atom. The summed E-state index contributed by atoms with van der Waals surface area (Å²) in [5.41, 5.74) is 19.7. The van der Waals surface area contributed by atoms with Gasteiger partial charge in [-0.05, 0) is 149 Å². The number of nitrogens with zero attached hydrogens (tertiary/aromatic N) is 1. The van der Waals surface area contributed by atoms with Crippen LogP contribution in [0.1, 0.15) is 47.9 Å². The van der Waals surface area contributed by atoms with E-state index in [1.54, 1.807) is 11.1 Å². The van der Waals surface area contributed by atoms with Crippen molar-refractivity contribution in [1.29, 1.82) is 0 Å². The van der Waals surface area contributed by atoms with Gasteiger partial charge in [0.25, 0.3) is 0 Å². The molecule has 2 nitrogen and oxygen atoms in total. The van der Waals surface area contributed by atoms with Crippen LogP contribution in [0.2, 0.25) is 0 Å². The molecule has 2 heteroatoms. The van der Waals surface area contributed by atoms with Gasteiger partial charge in [-0.25, -0.2) is 0 Å². The van der Waals surface area contributed by atoms with Crippen molar-refractivity contribution in [3.8, 4) is 33.4 Å². The molecule has 1 heterocycles. The van der Waals surface area contributed by atoms with E-state index in [0.717, 1.165) is 36.8 Å². The van der Waals surface area contributed by atoms with Gasteiger partial charge in [-0.3, -0.25) is 0 Å². The maximum absolute atomic E-state index is 6.46. The summed E-state index contributed by atoms with van der Waals surface area (Å²) < 4.78 is 6.46. The van der Waals surface area contributed by atoms with Gasteiger partial charge in [0.2, 0.25) is 0 Å². The molecule has 0 fully saturated rings. The molecular formula is C50H41NO. The number of rotatable bonds is 6. The molecule has 252 valence electrons. The normalized spacial score (nSPS) is 13.9. The molecular weight excluding hydrogens is 631 g/mol. The van der Waals surface area contributed by atoms with Crippen LogP contribution < -0.4 is 4.90 Å². The third-order valence-corrected chi connectivity index (χ3v) is 11.5. The minimum Gasteiger partial charge on any atom is -0.456 e. The van der Waals surface area contributed by atoms with Gasteiger partial charge in [-0.15, -0.1) is 0 Å². The lowest BCUT2D eigenvalue weighted by atomic mass is 9.75. The summed E-state index contributed by atoms with van der Waals surface area (Å²) >= 11 is 0. The van der Waals surface area contributed by atoms with E-state index in [0.29, 0.717) is 0 Å². The third-order valence-electron chi connectivity index (χ3n) is 11.5. The first-order valence-corrected chi connectivity index (χ1v) is 19.0. The van der Waals surface area contributed by atoms with Crippen LogP contribution in [0.5, 0.6) is 0 Å². The molecule has 1 aromatic heterocycles. The molecule has 52 heavy (non-hydrogen) atoms. The molecule has 2 aliphatic carbocycles. The molecule has 0 spiro atoms. The Morgan fingerprint density at radius 2 is 0.808 bits per heavy atom. The summed E-state index contributed by atoms with van der Waals surface area (Å²) in [7, 11) is 0. The quantitative estimate of drug-likeness (QED) is 0.175. The minimum absolute atomic E-state index is 0.960. The van der Waals surface area contributed by atoms with Gasteiger partial charge in [0.05, 0.1) is 5.69 Å². The lowest BCUT2D eigenvalue weighted by Crippen LogP contribution is -2.21. The Bertz CT molecular complexity index is 2420. The van der Waals surface area contributed by atoms with Gasteiger partial charge in [0.15, 0.2) is 0 Å². The van der Waals surface area contributed by atoms with Crippen LogP contribution in [0.25, 0.3) is 55.3 Å². The number of para-hydroxylation sites is 1. The van der Waals surface area contributed by atoms with Gasteiger partial charge >= 0.3 is 0 Å². The second-order valence-corrected chi connectivity index (χ2v) is 14.5. The van der Waals surface area contributed by atoms with Gasteiger partial charge in [0.1, 0.15) is 11.2 Å². The van der Waals surface area contributed by atoms with E-state index in [1.807, 2.05) is 0 Å². The molecule has 0 bridgehead atoms. The Kier molecular flexibility index (Phi) is 7.75. The highest BCUT2D eigenvalue weighted by atomic mass is 16.3. The Labute approximate surface area is 306 Å². The van der Waals surface area contributed by atoms with Crippen molar-refractivity contribution in [2.45, 2.75) is 51.4 Å². The summed E-state index contributed by atoms with van der Waals surface area (Å²) in [5, 5.41) is 2.39. The number of furan rings is 1. The minimum atomic E-state index is 0.960. The Hall–Kier alpha value is -5.86. The zero-order chi connectivity index (χ0) is 34.4. The molecule has 0 unspecified atom stereocenters. The van der Waals surface area contributed by atoms with Gasteiger partial charge in [-0.1, -0.05) is 109 Å². The zero-order valence-corrected chi connectivity index (χ0v) is 29.4. The van der Waals surface area contributed by atoms with E-state index < -0.39 is 0 Å². The summed E-state index contributed by atoms with van der Waals surface area (Å²) in [4.78, 5) is 2.60. The summed E-state index contributed by atoms with van der Waals surface area (Å²) in [5.74, 6) is 0. The fourth-order valence-electron chi connectivity index (χ4n) is 9.02. The van der Waals surface area contributed by atoms with Crippen LogP contribution in [0.4, 0.5) is 17.1 Å². The highest BCUT2D eigenvalue weighted by Crippen LogP contribution is 2.50. The summed E-state index contributed by atoms with van der Waals surface area (Å²) in [6, 6.07) is 55.4. The predicted molar refractivity (Wildman–Crippen MR) is 218 cm³/mol. The van der Waals surface area contributed by atoms with Crippen LogP contribution in [0, 0.1) is 0 Å². The first kappa shape index (κ1) is 30.9.